The van der Waals surface area contributed by atoms with E-state index in [-0.39, 0.29) is 25.2 Å². The minimum absolute atomic E-state index is 0.0973. The first-order chi connectivity index (χ1) is 28.6. The number of carbonyl (C=O) groups is 2. The predicted molar refractivity (Wildman–Crippen MR) is 251 cm³/mol. The molecular weight excluding hydrogens is 717 g/mol. The molecule has 0 rings (SSSR count). The molecule has 5 heteroatoms. The van der Waals surface area contributed by atoms with Gasteiger partial charge in [0.2, 0.25) is 0 Å². The highest BCUT2D eigenvalue weighted by Gasteiger charge is 2.16. The van der Waals surface area contributed by atoms with Crippen LogP contribution in [-0.4, -0.2) is 36.4 Å². The Morgan fingerprint density at radius 2 is 0.690 bits per heavy atom. The van der Waals surface area contributed by atoms with Gasteiger partial charge >= 0.3 is 11.9 Å². The molecule has 324 valence electrons. The van der Waals surface area contributed by atoms with Crippen molar-refractivity contribution < 1.29 is 24.2 Å². The summed E-state index contributed by atoms with van der Waals surface area (Å²) in [6.45, 7) is 3.85. The van der Waals surface area contributed by atoms with Gasteiger partial charge in [-0.2, -0.15) is 0 Å². The van der Waals surface area contributed by atoms with Crippen LogP contribution in [0.2, 0.25) is 0 Å². The molecule has 0 aliphatic carbocycles. The quantitative estimate of drug-likeness (QED) is 0.0381. The summed E-state index contributed by atoms with van der Waals surface area (Å²) in [4.78, 5) is 24.4. The molecular formula is C53H82O5. The van der Waals surface area contributed by atoms with Gasteiger partial charge in [-0.15, -0.1) is 0 Å². The van der Waals surface area contributed by atoms with Crippen molar-refractivity contribution in [2.45, 2.75) is 174 Å². The van der Waals surface area contributed by atoms with Crippen LogP contribution in [0.25, 0.3) is 0 Å². The van der Waals surface area contributed by atoms with Crippen LogP contribution < -0.4 is 0 Å². The summed E-state index contributed by atoms with van der Waals surface area (Å²) in [6.07, 6.45) is 70.9. The average Bonchev–Trinajstić information content (AvgIpc) is 3.23. The minimum Gasteiger partial charge on any atom is -0.462 e. The molecule has 0 heterocycles. The summed E-state index contributed by atoms with van der Waals surface area (Å²) in [6, 6.07) is 0. The molecule has 1 unspecified atom stereocenters. The van der Waals surface area contributed by atoms with Crippen LogP contribution in [0.4, 0.5) is 0 Å². The van der Waals surface area contributed by atoms with E-state index in [0.717, 1.165) is 122 Å². The highest BCUT2D eigenvalue weighted by molar-refractivity contribution is 5.70. The second-order valence-electron chi connectivity index (χ2n) is 14.4. The largest absolute Gasteiger partial charge is 0.462 e. The highest BCUT2D eigenvalue weighted by atomic mass is 16.6. The predicted octanol–water partition coefficient (Wildman–Crippen LogP) is 15.0. The molecule has 0 radical (unpaired) electrons. The Morgan fingerprint density at radius 3 is 1.05 bits per heavy atom. The number of unbranched alkanes of at least 4 members (excludes halogenated alkanes) is 9. The molecule has 0 bridgehead atoms. The van der Waals surface area contributed by atoms with Gasteiger partial charge in [0, 0.05) is 12.8 Å². The Kier molecular flexibility index (Phi) is 44.2. The third-order valence-electron chi connectivity index (χ3n) is 8.94. The molecule has 5 nitrogen and oxygen atoms in total. The average molecular weight is 799 g/mol. The maximum Gasteiger partial charge on any atom is 0.306 e. The maximum absolute atomic E-state index is 12.2. The van der Waals surface area contributed by atoms with E-state index in [4.69, 9.17) is 9.47 Å². The van der Waals surface area contributed by atoms with Crippen molar-refractivity contribution in [3.63, 3.8) is 0 Å². The monoisotopic (exact) mass is 799 g/mol. The molecule has 0 saturated heterocycles. The van der Waals surface area contributed by atoms with Crippen LogP contribution >= 0.6 is 0 Å². The van der Waals surface area contributed by atoms with Gasteiger partial charge < -0.3 is 14.6 Å². The zero-order valence-corrected chi connectivity index (χ0v) is 36.7. The number of aliphatic hydroxyl groups is 1. The number of carbonyl (C=O) groups excluding carboxylic acids is 2. The third kappa shape index (κ3) is 44.8. The lowest BCUT2D eigenvalue weighted by molar-refractivity contribution is -0.161. The number of allylic oxidation sites excluding steroid dienone is 22. The standard InChI is InChI=1S/C53H82O5/c1-3-5-7-9-11-13-15-17-19-21-23-24-25-26-27-28-30-32-34-36-38-40-42-44-46-48-53(56)58-51(49-54)50-57-52(55)47-45-43-41-39-37-35-33-31-29-22-20-18-16-14-12-10-8-6-4-2/h5-8,11-14,17-20,23-24,26-27,29-32,36,38,51,54H,3-4,9-10,15-16,21-22,25,28,33-35,37,39-50H2,1-2H3/b7-5-,8-6-,13-11-,14-12-,19-17-,20-18-,24-23-,27-26-,31-29-,32-30-,38-36-. The van der Waals surface area contributed by atoms with E-state index in [9.17, 15) is 14.7 Å². The Hall–Kier alpha value is -3.96. The van der Waals surface area contributed by atoms with E-state index >= 15 is 0 Å². The summed E-state index contributed by atoms with van der Waals surface area (Å²) in [5, 5.41) is 9.60. The molecule has 0 fully saturated rings. The molecule has 0 aromatic rings. The van der Waals surface area contributed by atoms with Gasteiger partial charge in [-0.25, -0.2) is 0 Å². The lowest BCUT2D eigenvalue weighted by Gasteiger charge is -2.15. The molecule has 0 aromatic heterocycles. The van der Waals surface area contributed by atoms with Crippen molar-refractivity contribution in [1.29, 1.82) is 0 Å². The van der Waals surface area contributed by atoms with E-state index in [2.05, 4.69) is 148 Å². The van der Waals surface area contributed by atoms with Crippen molar-refractivity contribution in [2.24, 2.45) is 0 Å². The summed E-state index contributed by atoms with van der Waals surface area (Å²) >= 11 is 0. The highest BCUT2D eigenvalue weighted by Crippen LogP contribution is 2.11. The van der Waals surface area contributed by atoms with E-state index in [0.29, 0.717) is 12.8 Å². The van der Waals surface area contributed by atoms with E-state index in [1.165, 1.54) is 19.3 Å². The summed E-state index contributed by atoms with van der Waals surface area (Å²) < 4.78 is 10.6. The molecule has 0 amide bonds. The SMILES string of the molecule is CC/C=C\C/C=C\C/C=C\C/C=C\C/C=C\C/C=C\C/C=C\CCCCCC(=O)OC(CO)COC(=O)CCCCCCCC/C=C\C/C=C\C/C=C\C/C=C\CC. The second-order valence-corrected chi connectivity index (χ2v) is 14.4. The van der Waals surface area contributed by atoms with Gasteiger partial charge in [0.25, 0.3) is 0 Å². The van der Waals surface area contributed by atoms with Gasteiger partial charge in [-0.05, 0) is 109 Å². The minimum atomic E-state index is -0.807. The third-order valence-corrected chi connectivity index (χ3v) is 8.94. The van der Waals surface area contributed by atoms with Gasteiger partial charge in [-0.3, -0.25) is 9.59 Å². The number of hydrogen-bond donors (Lipinski definition) is 1. The summed E-state index contributed by atoms with van der Waals surface area (Å²) in [7, 11) is 0. The second kappa shape index (κ2) is 47.4. The van der Waals surface area contributed by atoms with Crippen LogP contribution in [0.1, 0.15) is 168 Å². The maximum atomic E-state index is 12.2. The van der Waals surface area contributed by atoms with Gasteiger partial charge in [0.05, 0.1) is 6.61 Å². The number of ether oxygens (including phenoxy) is 2. The Balaban J connectivity index is 3.71. The van der Waals surface area contributed by atoms with E-state index in [1.807, 2.05) is 0 Å². The van der Waals surface area contributed by atoms with Crippen LogP contribution in [0.15, 0.2) is 134 Å². The van der Waals surface area contributed by atoms with Crippen molar-refractivity contribution in [3.05, 3.63) is 134 Å². The lowest BCUT2D eigenvalue weighted by atomic mass is 10.1. The fourth-order valence-corrected chi connectivity index (χ4v) is 5.58. The zero-order chi connectivity index (χ0) is 42.1. The Bertz CT molecular complexity index is 1270. The first-order valence-corrected chi connectivity index (χ1v) is 22.7. The zero-order valence-electron chi connectivity index (χ0n) is 36.7. The van der Waals surface area contributed by atoms with Gasteiger partial charge in [0.15, 0.2) is 6.10 Å². The molecule has 0 spiro atoms. The Labute approximate surface area is 355 Å². The smallest absolute Gasteiger partial charge is 0.306 e. The van der Waals surface area contributed by atoms with Gasteiger partial charge in [0.1, 0.15) is 6.61 Å². The molecule has 0 aliphatic heterocycles. The number of aliphatic hydroxyl groups excluding tert-OH is 1. The fourth-order valence-electron chi connectivity index (χ4n) is 5.58. The molecule has 0 aromatic carbocycles. The number of hydrogen-bond acceptors (Lipinski definition) is 5. The molecule has 58 heavy (non-hydrogen) atoms. The van der Waals surface area contributed by atoms with Crippen molar-refractivity contribution >= 4 is 11.9 Å². The van der Waals surface area contributed by atoms with E-state index < -0.39 is 6.10 Å². The summed E-state index contributed by atoms with van der Waals surface area (Å²) in [5.74, 6) is -0.659. The van der Waals surface area contributed by atoms with Crippen LogP contribution in [-0.2, 0) is 19.1 Å². The molecule has 1 N–H and O–H groups in total. The Morgan fingerprint density at radius 1 is 0.397 bits per heavy atom. The molecule has 0 aliphatic rings. The van der Waals surface area contributed by atoms with Crippen LogP contribution in [0, 0.1) is 0 Å². The van der Waals surface area contributed by atoms with Crippen molar-refractivity contribution in [2.75, 3.05) is 13.2 Å². The summed E-state index contributed by atoms with van der Waals surface area (Å²) in [5.41, 5.74) is 0. The first kappa shape index (κ1) is 54.0. The normalized spacial score (nSPS) is 13.5. The lowest BCUT2D eigenvalue weighted by Crippen LogP contribution is -2.28. The molecule has 1 atom stereocenters. The topological polar surface area (TPSA) is 72.8 Å². The van der Waals surface area contributed by atoms with Crippen LogP contribution in [0.5, 0.6) is 0 Å². The van der Waals surface area contributed by atoms with E-state index in [1.54, 1.807) is 0 Å². The fraction of sp³-hybridized carbons (Fsp3) is 0.547. The number of esters is 2. The van der Waals surface area contributed by atoms with Crippen LogP contribution in [0.3, 0.4) is 0 Å². The number of rotatable bonds is 39. The molecule has 0 saturated carbocycles. The van der Waals surface area contributed by atoms with Gasteiger partial charge in [-0.1, -0.05) is 180 Å². The van der Waals surface area contributed by atoms with Crippen molar-refractivity contribution in [3.8, 4) is 0 Å². The van der Waals surface area contributed by atoms with Crippen molar-refractivity contribution in [1.82, 2.24) is 0 Å². The first-order valence-electron chi connectivity index (χ1n) is 22.7.